The van der Waals surface area contributed by atoms with E-state index in [-0.39, 0.29) is 27.9 Å². The Morgan fingerprint density at radius 2 is 1.56 bits per heavy atom. The fourth-order valence-corrected chi connectivity index (χ4v) is 11.9. The number of carbonyl (C=O) groups excluding carboxylic acids is 1. The first-order chi connectivity index (χ1) is 16.7. The van der Waals surface area contributed by atoms with Crippen molar-refractivity contribution in [3.63, 3.8) is 0 Å². The summed E-state index contributed by atoms with van der Waals surface area (Å²) in [6.45, 7) is 21.1. The minimum atomic E-state index is -0.377. The van der Waals surface area contributed by atoms with E-state index in [1.54, 1.807) is 5.57 Å². The Bertz CT molecular complexity index is 969. The molecule has 0 N–H and O–H groups in total. The van der Waals surface area contributed by atoms with Crippen molar-refractivity contribution < 1.29 is 14.3 Å². The number of fused-ring (bicyclic) bond motifs is 7. The molecular weight excluding hydrogens is 444 g/mol. The van der Waals surface area contributed by atoms with Crippen LogP contribution in [0.4, 0.5) is 0 Å². The Morgan fingerprint density at radius 1 is 0.861 bits per heavy atom. The summed E-state index contributed by atoms with van der Waals surface area (Å²) in [7, 11) is 0. The summed E-state index contributed by atoms with van der Waals surface area (Å²) in [6, 6.07) is 0. The van der Waals surface area contributed by atoms with Gasteiger partial charge in [0, 0.05) is 17.8 Å². The average molecular weight is 497 g/mol. The largest absolute Gasteiger partial charge is 0.347 e. The maximum Gasteiger partial charge on any atom is 0.173 e. The van der Waals surface area contributed by atoms with Crippen molar-refractivity contribution in [2.45, 2.75) is 119 Å². The first-order valence-electron chi connectivity index (χ1n) is 15.2. The van der Waals surface area contributed by atoms with Gasteiger partial charge in [0.05, 0.1) is 13.2 Å². The van der Waals surface area contributed by atoms with Crippen molar-refractivity contribution in [1.29, 1.82) is 0 Å². The van der Waals surface area contributed by atoms with Crippen molar-refractivity contribution in [3.05, 3.63) is 11.6 Å². The highest BCUT2D eigenvalue weighted by Crippen LogP contribution is 2.75. The molecule has 36 heavy (non-hydrogen) atoms. The van der Waals surface area contributed by atoms with E-state index in [2.05, 4.69) is 54.5 Å². The zero-order valence-corrected chi connectivity index (χ0v) is 24.5. The molecule has 4 unspecified atom stereocenters. The summed E-state index contributed by atoms with van der Waals surface area (Å²) < 4.78 is 12.8. The Hall–Kier alpha value is -0.670. The van der Waals surface area contributed by atoms with E-state index in [0.717, 1.165) is 26.1 Å². The molecule has 1 spiro atoms. The van der Waals surface area contributed by atoms with Gasteiger partial charge < -0.3 is 9.47 Å². The maximum atomic E-state index is 12.8. The molecule has 3 heteroatoms. The topological polar surface area (TPSA) is 35.5 Å². The third-order valence-corrected chi connectivity index (χ3v) is 13.9. The lowest BCUT2D eigenvalue weighted by atomic mass is 9.34. The van der Waals surface area contributed by atoms with E-state index in [4.69, 9.17) is 9.47 Å². The van der Waals surface area contributed by atoms with Gasteiger partial charge in [-0.25, -0.2) is 0 Å². The zero-order valence-electron chi connectivity index (χ0n) is 24.5. The molecular formula is C33H52O3. The lowest BCUT2D eigenvalue weighted by Crippen LogP contribution is -2.66. The number of ether oxygens (including phenoxy) is 2. The summed E-state index contributed by atoms with van der Waals surface area (Å²) >= 11 is 0. The fraction of sp³-hybridized carbons (Fsp3) is 0.909. The van der Waals surface area contributed by atoms with E-state index in [1.165, 1.54) is 44.9 Å². The Kier molecular flexibility index (Phi) is 5.48. The molecule has 8 atom stereocenters. The van der Waals surface area contributed by atoms with Gasteiger partial charge in [-0.15, -0.1) is 0 Å². The number of rotatable bonds is 1. The van der Waals surface area contributed by atoms with Crippen molar-refractivity contribution in [2.75, 3.05) is 13.2 Å². The number of allylic oxidation sites excluding steroid dienone is 2. The molecule has 4 saturated carbocycles. The van der Waals surface area contributed by atoms with Crippen molar-refractivity contribution in [3.8, 4) is 0 Å². The number of ketones is 1. The molecule has 1 aliphatic heterocycles. The van der Waals surface area contributed by atoms with Crippen LogP contribution in [0.15, 0.2) is 11.6 Å². The molecule has 3 nitrogen and oxygen atoms in total. The Labute approximate surface area is 220 Å². The minimum absolute atomic E-state index is 0.0302. The van der Waals surface area contributed by atoms with Crippen LogP contribution in [0.1, 0.15) is 113 Å². The van der Waals surface area contributed by atoms with Gasteiger partial charge >= 0.3 is 0 Å². The fourth-order valence-electron chi connectivity index (χ4n) is 11.9. The molecule has 5 aliphatic carbocycles. The summed E-state index contributed by atoms with van der Waals surface area (Å²) in [5.41, 5.74) is 2.92. The van der Waals surface area contributed by atoms with E-state index in [9.17, 15) is 4.79 Å². The monoisotopic (exact) mass is 496 g/mol. The van der Waals surface area contributed by atoms with Gasteiger partial charge in [-0.1, -0.05) is 60.1 Å². The van der Waals surface area contributed by atoms with Gasteiger partial charge in [-0.05, 0) is 104 Å². The number of carbonyl (C=O) groups is 1. The van der Waals surface area contributed by atoms with Gasteiger partial charge in [0.15, 0.2) is 5.79 Å². The summed E-state index contributed by atoms with van der Waals surface area (Å²) in [5, 5.41) is 0. The van der Waals surface area contributed by atoms with E-state index in [1.807, 2.05) is 6.92 Å². The van der Waals surface area contributed by atoms with Gasteiger partial charge in [-0.3, -0.25) is 4.79 Å². The molecule has 0 aromatic heterocycles. The summed E-state index contributed by atoms with van der Waals surface area (Å²) in [4.78, 5) is 12.8. The average Bonchev–Trinajstić information content (AvgIpc) is 3.27. The Morgan fingerprint density at radius 3 is 2.22 bits per heavy atom. The van der Waals surface area contributed by atoms with Crippen LogP contribution in [0.25, 0.3) is 0 Å². The molecule has 0 amide bonds. The van der Waals surface area contributed by atoms with E-state index >= 15 is 0 Å². The second kappa shape index (κ2) is 7.71. The van der Waals surface area contributed by atoms with Gasteiger partial charge in [0.25, 0.3) is 0 Å². The first-order valence-corrected chi connectivity index (χ1v) is 15.2. The minimum Gasteiger partial charge on any atom is -0.347 e. The van der Waals surface area contributed by atoms with Crippen LogP contribution in [-0.4, -0.2) is 24.8 Å². The second-order valence-corrected chi connectivity index (χ2v) is 16.1. The molecule has 5 fully saturated rings. The maximum absolute atomic E-state index is 12.8. The molecule has 6 aliphatic rings. The van der Waals surface area contributed by atoms with Crippen LogP contribution >= 0.6 is 0 Å². The van der Waals surface area contributed by atoms with Gasteiger partial charge in [0.1, 0.15) is 5.78 Å². The van der Waals surface area contributed by atoms with Gasteiger partial charge in [0.2, 0.25) is 0 Å². The van der Waals surface area contributed by atoms with E-state index < -0.39 is 0 Å². The predicted molar refractivity (Wildman–Crippen MR) is 144 cm³/mol. The zero-order chi connectivity index (χ0) is 25.9. The molecule has 6 rings (SSSR count). The molecule has 0 bridgehead atoms. The number of Topliss-reactive ketones (excluding diaryl/α,β-unsaturated/α-hetero) is 1. The van der Waals surface area contributed by atoms with Crippen LogP contribution in [0.2, 0.25) is 0 Å². The van der Waals surface area contributed by atoms with Crippen molar-refractivity contribution >= 4 is 5.78 Å². The third-order valence-electron chi connectivity index (χ3n) is 13.9. The lowest BCUT2D eigenvalue weighted by Gasteiger charge is -2.71. The van der Waals surface area contributed by atoms with Crippen molar-refractivity contribution in [1.82, 2.24) is 0 Å². The lowest BCUT2D eigenvalue weighted by molar-refractivity contribution is -0.307. The molecule has 1 saturated heterocycles. The smallest absolute Gasteiger partial charge is 0.173 e. The first kappa shape index (κ1) is 25.6. The molecule has 0 aromatic carbocycles. The van der Waals surface area contributed by atoms with Crippen LogP contribution in [0, 0.1) is 56.7 Å². The van der Waals surface area contributed by atoms with Gasteiger partial charge in [-0.2, -0.15) is 0 Å². The van der Waals surface area contributed by atoms with E-state index in [0.29, 0.717) is 40.3 Å². The number of hydrogen-bond acceptors (Lipinski definition) is 3. The summed E-state index contributed by atoms with van der Waals surface area (Å²) in [6.07, 6.45) is 13.6. The molecule has 202 valence electrons. The quantitative estimate of drug-likeness (QED) is 0.345. The standard InChI is InChI=1S/C33H52O3/c1-21(34)23-19-28(2,3)20-24-22(23)11-13-31(7)25(24)9-10-27-30(6)15-16-33(35-17-18-36-33)29(4,5)26(30)12-14-32(27,31)8/h9,22-24,26-27H,10-20H2,1-8H3/t22?,23-,24?,26?,27?,30-,31+,32+/m0/s1. The highest BCUT2D eigenvalue weighted by atomic mass is 16.7. The Balaban J connectivity index is 1.39. The molecule has 0 aromatic rings. The third kappa shape index (κ3) is 3.08. The highest BCUT2D eigenvalue weighted by molar-refractivity contribution is 5.79. The van der Waals surface area contributed by atoms with Crippen LogP contribution in [-0.2, 0) is 14.3 Å². The van der Waals surface area contributed by atoms with Crippen LogP contribution < -0.4 is 0 Å². The number of hydrogen-bond donors (Lipinski definition) is 0. The SMILES string of the molecule is CC(=O)[C@@H]1CC(C)(C)CC2C3=CCC4[C@@]5(C)CCC6(OCCO6)C(C)(C)C5CC[C@@]4(C)[C@]3(C)CCC21. The normalized spacial score (nSPS) is 50.3. The highest BCUT2D eigenvalue weighted by Gasteiger charge is 2.70. The second-order valence-electron chi connectivity index (χ2n) is 16.1. The summed E-state index contributed by atoms with van der Waals surface area (Å²) in [5.74, 6) is 2.79. The van der Waals surface area contributed by atoms with Crippen LogP contribution in [0.5, 0.6) is 0 Å². The predicted octanol–water partition coefficient (Wildman–Crippen LogP) is 7.98. The molecule has 1 heterocycles. The molecule has 0 radical (unpaired) electrons. The van der Waals surface area contributed by atoms with Crippen molar-refractivity contribution in [2.24, 2.45) is 56.7 Å². The van der Waals surface area contributed by atoms with Crippen LogP contribution in [0.3, 0.4) is 0 Å².